The fourth-order valence-corrected chi connectivity index (χ4v) is 2.50. The van der Waals surface area contributed by atoms with Gasteiger partial charge in [0.25, 0.3) is 5.91 Å². The molecule has 2 aromatic carbocycles. The van der Waals surface area contributed by atoms with Crippen molar-refractivity contribution in [3.63, 3.8) is 0 Å². The largest absolute Gasteiger partial charge is 0.478 e. The van der Waals surface area contributed by atoms with Gasteiger partial charge in [0.1, 0.15) is 0 Å². The number of benzene rings is 2. The van der Waals surface area contributed by atoms with Crippen LogP contribution in [0.3, 0.4) is 0 Å². The third kappa shape index (κ3) is 2.10. The summed E-state index contributed by atoms with van der Waals surface area (Å²) in [5.74, 6) is -1.17. The van der Waals surface area contributed by atoms with Crippen LogP contribution in [0.2, 0.25) is 0 Å². The molecule has 0 aliphatic rings. The highest BCUT2D eigenvalue weighted by molar-refractivity contribution is 6.08. The molecule has 1 aromatic heterocycles. The van der Waals surface area contributed by atoms with E-state index in [1.807, 2.05) is 13.0 Å². The molecule has 3 aromatic rings. The number of nitrogens with zero attached hydrogens (tertiary/aromatic N) is 1. The van der Waals surface area contributed by atoms with Crippen molar-refractivity contribution < 1.29 is 14.7 Å². The van der Waals surface area contributed by atoms with E-state index in [9.17, 15) is 14.7 Å². The zero-order chi connectivity index (χ0) is 15.0. The number of carboxylic acid groups (broad SMARTS) is 1. The summed E-state index contributed by atoms with van der Waals surface area (Å²) in [5, 5.41) is 9.82. The number of rotatable bonds is 2. The molecule has 4 heteroatoms. The molecule has 4 nitrogen and oxygen atoms in total. The molecule has 21 heavy (non-hydrogen) atoms. The lowest BCUT2D eigenvalue weighted by molar-refractivity contribution is 0.0698. The SMILES string of the molecule is Cc1ccc(C(=O)O)c2ccn(C(=O)c3ccccc3)c12. The second-order valence-corrected chi connectivity index (χ2v) is 4.85. The third-order valence-electron chi connectivity index (χ3n) is 3.52. The molecule has 3 rings (SSSR count). The highest BCUT2D eigenvalue weighted by Crippen LogP contribution is 2.25. The molecular weight excluding hydrogens is 266 g/mol. The number of hydrogen-bond donors (Lipinski definition) is 1. The van der Waals surface area contributed by atoms with Crippen LogP contribution in [0.4, 0.5) is 0 Å². The van der Waals surface area contributed by atoms with E-state index >= 15 is 0 Å². The zero-order valence-electron chi connectivity index (χ0n) is 11.4. The maximum atomic E-state index is 12.6. The van der Waals surface area contributed by atoms with Gasteiger partial charge in [-0.05, 0) is 36.8 Å². The molecule has 0 saturated heterocycles. The second-order valence-electron chi connectivity index (χ2n) is 4.85. The molecule has 104 valence electrons. The first kappa shape index (κ1) is 13.1. The number of fused-ring (bicyclic) bond motifs is 1. The number of aromatic nitrogens is 1. The van der Waals surface area contributed by atoms with Gasteiger partial charge in [0.2, 0.25) is 0 Å². The molecule has 0 aliphatic carbocycles. The third-order valence-corrected chi connectivity index (χ3v) is 3.52. The number of carboxylic acids is 1. The van der Waals surface area contributed by atoms with Crippen LogP contribution in [0.5, 0.6) is 0 Å². The minimum Gasteiger partial charge on any atom is -0.478 e. The first-order valence-corrected chi connectivity index (χ1v) is 6.53. The predicted molar refractivity (Wildman–Crippen MR) is 79.8 cm³/mol. The molecule has 0 saturated carbocycles. The van der Waals surface area contributed by atoms with E-state index in [2.05, 4.69) is 0 Å². The molecule has 0 unspecified atom stereocenters. The maximum Gasteiger partial charge on any atom is 0.336 e. The average Bonchev–Trinajstić information content (AvgIpc) is 2.93. The summed E-state index contributed by atoms with van der Waals surface area (Å²) in [6.45, 7) is 1.86. The van der Waals surface area contributed by atoms with Crippen molar-refractivity contribution in [1.29, 1.82) is 0 Å². The van der Waals surface area contributed by atoms with Gasteiger partial charge in [0, 0.05) is 17.1 Å². The standard InChI is InChI=1S/C17H13NO3/c1-11-7-8-14(17(20)21)13-9-10-18(15(11)13)16(19)12-5-3-2-4-6-12/h2-10H,1H3,(H,20,21). The second kappa shape index (κ2) is 4.90. The lowest BCUT2D eigenvalue weighted by Gasteiger charge is -2.07. The highest BCUT2D eigenvalue weighted by atomic mass is 16.4. The van der Waals surface area contributed by atoms with E-state index in [1.54, 1.807) is 48.7 Å². The highest BCUT2D eigenvalue weighted by Gasteiger charge is 2.17. The molecule has 1 N–H and O–H groups in total. The maximum absolute atomic E-state index is 12.6. The Hall–Kier alpha value is -2.88. The number of aryl methyl sites for hydroxylation is 1. The molecule has 0 amide bonds. The quantitative estimate of drug-likeness (QED) is 0.782. The van der Waals surface area contributed by atoms with E-state index in [-0.39, 0.29) is 11.5 Å². The van der Waals surface area contributed by atoms with Crippen molar-refractivity contribution in [2.24, 2.45) is 0 Å². The van der Waals surface area contributed by atoms with Crippen LogP contribution >= 0.6 is 0 Å². The summed E-state index contributed by atoms with van der Waals surface area (Å²) in [5.41, 5.74) is 2.28. The Morgan fingerprint density at radius 1 is 1.00 bits per heavy atom. The summed E-state index contributed by atoms with van der Waals surface area (Å²) in [7, 11) is 0. The zero-order valence-corrected chi connectivity index (χ0v) is 11.4. The lowest BCUT2D eigenvalue weighted by Crippen LogP contribution is -2.11. The van der Waals surface area contributed by atoms with Crippen molar-refractivity contribution in [3.8, 4) is 0 Å². The van der Waals surface area contributed by atoms with Gasteiger partial charge >= 0.3 is 5.97 Å². The van der Waals surface area contributed by atoms with Gasteiger partial charge in [0.05, 0.1) is 11.1 Å². The Morgan fingerprint density at radius 2 is 1.71 bits per heavy atom. The number of hydrogen-bond acceptors (Lipinski definition) is 2. The van der Waals surface area contributed by atoms with Gasteiger partial charge < -0.3 is 5.11 Å². The van der Waals surface area contributed by atoms with Crippen molar-refractivity contribution in [2.75, 3.05) is 0 Å². The Kier molecular flexibility index (Phi) is 3.06. The first-order valence-electron chi connectivity index (χ1n) is 6.53. The lowest BCUT2D eigenvalue weighted by atomic mass is 10.1. The monoisotopic (exact) mass is 279 g/mol. The number of carbonyl (C=O) groups excluding carboxylic acids is 1. The van der Waals surface area contributed by atoms with E-state index in [0.717, 1.165) is 5.56 Å². The first-order chi connectivity index (χ1) is 10.1. The van der Waals surface area contributed by atoms with Crippen LogP contribution in [-0.4, -0.2) is 21.6 Å². The molecular formula is C17H13NO3. The van der Waals surface area contributed by atoms with E-state index < -0.39 is 5.97 Å². The topological polar surface area (TPSA) is 59.3 Å². The number of carbonyl (C=O) groups is 2. The van der Waals surface area contributed by atoms with Crippen LogP contribution < -0.4 is 0 Å². The Bertz CT molecular complexity index is 847. The van der Waals surface area contributed by atoms with E-state index in [4.69, 9.17) is 0 Å². The summed E-state index contributed by atoms with van der Waals surface area (Å²) in [4.78, 5) is 23.9. The average molecular weight is 279 g/mol. The summed E-state index contributed by atoms with van der Waals surface area (Å²) in [6.07, 6.45) is 1.62. The Balaban J connectivity index is 2.24. The van der Waals surface area contributed by atoms with E-state index in [0.29, 0.717) is 16.5 Å². The van der Waals surface area contributed by atoms with Gasteiger partial charge in [-0.15, -0.1) is 0 Å². The minimum atomic E-state index is -0.995. The van der Waals surface area contributed by atoms with Crippen LogP contribution in [0.15, 0.2) is 54.7 Å². The molecule has 0 bridgehead atoms. The minimum absolute atomic E-state index is 0.170. The summed E-state index contributed by atoms with van der Waals surface area (Å²) < 4.78 is 1.51. The van der Waals surface area contributed by atoms with Crippen LogP contribution in [0, 0.1) is 6.92 Å². The molecule has 0 fully saturated rings. The van der Waals surface area contributed by atoms with Crippen molar-refractivity contribution >= 4 is 22.8 Å². The van der Waals surface area contributed by atoms with Crippen LogP contribution in [-0.2, 0) is 0 Å². The van der Waals surface area contributed by atoms with E-state index in [1.165, 1.54) is 4.57 Å². The van der Waals surface area contributed by atoms with Gasteiger partial charge in [-0.25, -0.2) is 4.79 Å². The molecule has 1 heterocycles. The fourth-order valence-electron chi connectivity index (χ4n) is 2.50. The van der Waals surface area contributed by atoms with Crippen molar-refractivity contribution in [1.82, 2.24) is 4.57 Å². The predicted octanol–water partition coefficient (Wildman–Crippen LogP) is 3.34. The molecule has 0 atom stereocenters. The van der Waals surface area contributed by atoms with Crippen LogP contribution in [0.1, 0.15) is 26.3 Å². The van der Waals surface area contributed by atoms with Gasteiger partial charge in [-0.2, -0.15) is 0 Å². The summed E-state index contributed by atoms with van der Waals surface area (Å²) in [6, 6.07) is 13.9. The molecule has 0 aliphatic heterocycles. The molecule has 0 spiro atoms. The Morgan fingerprint density at radius 3 is 2.38 bits per heavy atom. The van der Waals surface area contributed by atoms with Gasteiger partial charge in [-0.3, -0.25) is 9.36 Å². The van der Waals surface area contributed by atoms with Crippen molar-refractivity contribution in [2.45, 2.75) is 6.92 Å². The van der Waals surface area contributed by atoms with Crippen LogP contribution in [0.25, 0.3) is 10.9 Å². The van der Waals surface area contributed by atoms with Gasteiger partial charge in [-0.1, -0.05) is 24.3 Å². The normalized spacial score (nSPS) is 10.7. The Labute approximate surface area is 121 Å². The van der Waals surface area contributed by atoms with Crippen molar-refractivity contribution in [3.05, 3.63) is 71.4 Å². The number of aromatic carboxylic acids is 1. The molecule has 0 radical (unpaired) electrons. The van der Waals surface area contributed by atoms with Gasteiger partial charge in [0.15, 0.2) is 0 Å². The smallest absolute Gasteiger partial charge is 0.336 e. The fraction of sp³-hybridized carbons (Fsp3) is 0.0588. The summed E-state index contributed by atoms with van der Waals surface area (Å²) >= 11 is 0.